The van der Waals surface area contributed by atoms with E-state index in [-0.39, 0.29) is 24.7 Å². The lowest BCUT2D eigenvalue weighted by Crippen LogP contribution is -2.15. The number of sulfone groups is 1. The second kappa shape index (κ2) is 10.5. The van der Waals surface area contributed by atoms with E-state index in [2.05, 4.69) is 15.3 Å². The molecule has 0 saturated carbocycles. The predicted molar refractivity (Wildman–Crippen MR) is 128 cm³/mol. The average molecular weight is 517 g/mol. The summed E-state index contributed by atoms with van der Waals surface area (Å²) in [6, 6.07) is 15.3. The first-order valence-corrected chi connectivity index (χ1v) is 12.8. The van der Waals surface area contributed by atoms with Gasteiger partial charge in [-0.15, -0.1) is 5.10 Å². The highest BCUT2D eigenvalue weighted by Gasteiger charge is 2.30. The molecule has 0 spiro atoms. The van der Waals surface area contributed by atoms with Crippen molar-refractivity contribution >= 4 is 9.84 Å². The normalized spacial score (nSPS) is 12.0. The molecule has 7 nitrogen and oxygen atoms in total. The Bertz CT molecular complexity index is 1400. The van der Waals surface area contributed by atoms with Gasteiger partial charge in [-0.25, -0.2) is 8.42 Å². The van der Waals surface area contributed by atoms with Gasteiger partial charge in [-0.2, -0.15) is 13.2 Å². The highest BCUT2D eigenvalue weighted by atomic mass is 32.2. The Hall–Kier alpha value is -3.73. The second-order valence-corrected chi connectivity index (χ2v) is 10.4. The van der Waals surface area contributed by atoms with Crippen molar-refractivity contribution in [2.45, 2.75) is 32.0 Å². The Kier molecular flexibility index (Phi) is 7.39. The van der Waals surface area contributed by atoms with Crippen LogP contribution < -0.4 is 4.74 Å². The summed E-state index contributed by atoms with van der Waals surface area (Å²) >= 11 is 0. The van der Waals surface area contributed by atoms with E-state index >= 15 is 0 Å². The molecule has 0 aliphatic heterocycles. The summed E-state index contributed by atoms with van der Waals surface area (Å²) in [5.74, 6) is 0.449. The lowest BCUT2D eigenvalue weighted by Gasteiger charge is -2.11. The van der Waals surface area contributed by atoms with Gasteiger partial charge in [0, 0.05) is 23.0 Å². The smallest absolute Gasteiger partial charge is 0.416 e. The van der Waals surface area contributed by atoms with E-state index in [0.29, 0.717) is 28.3 Å². The number of hydrogen-bond donors (Lipinski definition) is 0. The van der Waals surface area contributed by atoms with Gasteiger partial charge in [-0.3, -0.25) is 9.67 Å². The number of nitrogens with zero attached hydrogens (tertiary/aromatic N) is 4. The van der Waals surface area contributed by atoms with Crippen molar-refractivity contribution in [3.63, 3.8) is 0 Å². The van der Waals surface area contributed by atoms with Crippen molar-refractivity contribution in [2.75, 3.05) is 5.75 Å². The maximum atomic E-state index is 12.8. The fraction of sp³-hybridized carbons (Fsp3) is 0.240. The number of ether oxygens (including phenoxy) is 1. The topological polar surface area (TPSA) is 87.0 Å². The van der Waals surface area contributed by atoms with Crippen LogP contribution in [0.25, 0.3) is 11.3 Å². The van der Waals surface area contributed by atoms with Crippen molar-refractivity contribution in [2.24, 2.45) is 0 Å². The second-order valence-electron chi connectivity index (χ2n) is 8.21. The predicted octanol–water partition coefficient (Wildman–Crippen LogP) is 4.86. The number of hydrogen-bond acceptors (Lipinski definition) is 6. The molecule has 11 heteroatoms. The van der Waals surface area contributed by atoms with Gasteiger partial charge in [0.2, 0.25) is 0 Å². The largest absolute Gasteiger partial charge is 0.489 e. The van der Waals surface area contributed by atoms with Crippen molar-refractivity contribution in [1.29, 1.82) is 0 Å². The van der Waals surface area contributed by atoms with Gasteiger partial charge in [0.25, 0.3) is 0 Å². The number of alkyl halides is 3. The van der Waals surface area contributed by atoms with E-state index in [1.165, 1.54) is 23.0 Å². The molecule has 2 heterocycles. The molecule has 2 aromatic carbocycles. The van der Waals surface area contributed by atoms with Crippen LogP contribution in [0.2, 0.25) is 0 Å². The van der Waals surface area contributed by atoms with Gasteiger partial charge >= 0.3 is 6.18 Å². The third kappa shape index (κ3) is 6.69. The maximum absolute atomic E-state index is 12.8. The SMILES string of the molecule is Cc1nc(-c2ccc(C(F)(F)F)cc2)ccc1COc1ccc(CS(=O)(=O)CCn2ccnn2)cc1. The van der Waals surface area contributed by atoms with Gasteiger partial charge in [0.1, 0.15) is 12.4 Å². The summed E-state index contributed by atoms with van der Waals surface area (Å²) in [5, 5.41) is 7.42. The highest BCUT2D eigenvalue weighted by Crippen LogP contribution is 2.31. The quantitative estimate of drug-likeness (QED) is 0.316. The minimum Gasteiger partial charge on any atom is -0.489 e. The zero-order chi connectivity index (χ0) is 25.8. The minimum absolute atomic E-state index is 0.0383. The van der Waals surface area contributed by atoms with Crippen LogP contribution in [0.1, 0.15) is 22.4 Å². The van der Waals surface area contributed by atoms with Crippen LogP contribution in [0, 0.1) is 6.92 Å². The van der Waals surface area contributed by atoms with Crippen LogP contribution in [0.15, 0.2) is 73.1 Å². The fourth-order valence-corrected chi connectivity index (χ4v) is 4.80. The Labute approximate surface area is 206 Å². The van der Waals surface area contributed by atoms with Crippen molar-refractivity contribution in [3.05, 3.63) is 95.4 Å². The first-order valence-electron chi connectivity index (χ1n) is 11.0. The molecule has 0 N–H and O–H groups in total. The Morgan fingerprint density at radius 1 is 0.972 bits per heavy atom. The zero-order valence-corrected chi connectivity index (χ0v) is 20.1. The molecule has 0 aliphatic carbocycles. The van der Waals surface area contributed by atoms with Crippen LogP contribution >= 0.6 is 0 Å². The van der Waals surface area contributed by atoms with Crippen LogP contribution in [0.3, 0.4) is 0 Å². The van der Waals surface area contributed by atoms with E-state index < -0.39 is 21.6 Å². The number of aromatic nitrogens is 4. The molecular weight excluding hydrogens is 493 g/mol. The Balaban J connectivity index is 1.33. The number of pyridine rings is 1. The molecule has 188 valence electrons. The monoisotopic (exact) mass is 516 g/mol. The standard InChI is InChI=1S/C25H23F3N4O3S/c1-18-21(6-11-24(30-18)20-4-7-22(8-5-20)25(26,27)28)16-35-23-9-2-19(3-10-23)17-36(33,34)15-14-32-13-12-29-31-32/h2-13H,14-17H2,1H3. The third-order valence-electron chi connectivity index (χ3n) is 5.51. The summed E-state index contributed by atoms with van der Waals surface area (Å²) in [7, 11) is -3.31. The molecule has 4 rings (SSSR count). The number of benzene rings is 2. The lowest BCUT2D eigenvalue weighted by atomic mass is 10.1. The molecule has 4 aromatic rings. The van der Waals surface area contributed by atoms with E-state index in [4.69, 9.17) is 4.74 Å². The van der Waals surface area contributed by atoms with E-state index in [1.54, 1.807) is 43.5 Å². The maximum Gasteiger partial charge on any atom is 0.416 e. The molecule has 2 aromatic heterocycles. The van der Waals surface area contributed by atoms with E-state index in [0.717, 1.165) is 17.7 Å². The molecule has 36 heavy (non-hydrogen) atoms. The van der Waals surface area contributed by atoms with Gasteiger partial charge in [0.05, 0.1) is 35.5 Å². The molecule has 0 fully saturated rings. The molecule has 0 bridgehead atoms. The minimum atomic E-state index is -4.38. The molecule has 0 radical (unpaired) electrons. The average Bonchev–Trinajstić information content (AvgIpc) is 3.36. The van der Waals surface area contributed by atoms with Crippen molar-refractivity contribution in [1.82, 2.24) is 20.0 Å². The Morgan fingerprint density at radius 3 is 2.31 bits per heavy atom. The highest BCUT2D eigenvalue weighted by molar-refractivity contribution is 7.90. The summed E-state index contributed by atoms with van der Waals surface area (Å²) in [6.07, 6.45) is -1.27. The summed E-state index contributed by atoms with van der Waals surface area (Å²) in [4.78, 5) is 4.50. The van der Waals surface area contributed by atoms with E-state index in [9.17, 15) is 21.6 Å². The van der Waals surface area contributed by atoms with Crippen LogP contribution in [-0.4, -0.2) is 34.1 Å². The van der Waals surface area contributed by atoms with Crippen LogP contribution in [0.5, 0.6) is 5.75 Å². The number of halogens is 3. The number of rotatable bonds is 9. The first kappa shape index (κ1) is 25.4. The third-order valence-corrected chi connectivity index (χ3v) is 7.09. The lowest BCUT2D eigenvalue weighted by molar-refractivity contribution is -0.137. The van der Waals surface area contributed by atoms with Gasteiger partial charge in [0.15, 0.2) is 9.84 Å². The van der Waals surface area contributed by atoms with Gasteiger partial charge < -0.3 is 4.74 Å². The van der Waals surface area contributed by atoms with E-state index in [1.807, 2.05) is 6.07 Å². The van der Waals surface area contributed by atoms with Gasteiger partial charge in [-0.1, -0.05) is 35.5 Å². The molecule has 0 aliphatic rings. The number of aryl methyl sites for hydroxylation is 2. The first-order chi connectivity index (χ1) is 17.1. The molecule has 0 unspecified atom stereocenters. The molecular formula is C25H23F3N4O3S. The summed E-state index contributed by atoms with van der Waals surface area (Å²) in [5.41, 5.74) is 2.63. The molecule has 0 saturated heterocycles. The Morgan fingerprint density at radius 2 is 1.69 bits per heavy atom. The molecule has 0 amide bonds. The summed E-state index contributed by atoms with van der Waals surface area (Å²) < 4.78 is 70.4. The van der Waals surface area contributed by atoms with Crippen LogP contribution in [-0.2, 0) is 34.9 Å². The van der Waals surface area contributed by atoms with Gasteiger partial charge in [-0.05, 0) is 42.8 Å². The zero-order valence-electron chi connectivity index (χ0n) is 19.3. The van der Waals surface area contributed by atoms with Crippen molar-refractivity contribution in [3.8, 4) is 17.0 Å². The molecule has 0 atom stereocenters. The fourth-order valence-electron chi connectivity index (χ4n) is 3.49. The summed E-state index contributed by atoms with van der Waals surface area (Å²) in [6.45, 7) is 2.29. The van der Waals surface area contributed by atoms with Crippen LogP contribution in [0.4, 0.5) is 13.2 Å². The van der Waals surface area contributed by atoms with Crippen molar-refractivity contribution < 1.29 is 26.3 Å².